The molecule has 7 nitrogen and oxygen atoms in total. The molecule has 1 N–H and O–H groups in total. The summed E-state index contributed by atoms with van der Waals surface area (Å²) in [7, 11) is -2.15. The number of hydrogen-bond acceptors (Lipinski definition) is 5. The number of para-hydroxylation sites is 1. The van der Waals surface area contributed by atoms with Crippen molar-refractivity contribution in [2.24, 2.45) is 0 Å². The molecular formula is C21H28N2O5S. The van der Waals surface area contributed by atoms with Crippen molar-refractivity contribution >= 4 is 21.6 Å². The lowest BCUT2D eigenvalue weighted by Crippen LogP contribution is -2.49. The average molecular weight is 421 g/mol. The average Bonchev–Trinajstić information content (AvgIpc) is 2.70. The van der Waals surface area contributed by atoms with Gasteiger partial charge in [0, 0.05) is 12.1 Å². The van der Waals surface area contributed by atoms with Crippen LogP contribution in [0.5, 0.6) is 11.5 Å². The van der Waals surface area contributed by atoms with Crippen LogP contribution in [0.4, 0.5) is 5.69 Å². The number of amides is 1. The summed E-state index contributed by atoms with van der Waals surface area (Å²) in [6, 6.07) is 13.1. The molecular weight excluding hydrogens is 392 g/mol. The minimum atomic E-state index is -3.69. The molecule has 0 radical (unpaired) electrons. The van der Waals surface area contributed by atoms with Crippen LogP contribution in [-0.4, -0.2) is 40.3 Å². The maximum atomic E-state index is 12.9. The molecule has 0 fully saturated rings. The van der Waals surface area contributed by atoms with Crippen molar-refractivity contribution in [1.82, 2.24) is 5.32 Å². The standard InChI is InChI=1S/C21H28N2O5S/c1-5-19(21(24)22-15-16-9-7-8-10-20(16)28-6-2)23(29(4,25)26)17-11-13-18(27-3)14-12-17/h7-14,19H,5-6,15H2,1-4H3,(H,22,24)/t19-/m0/s1. The number of nitrogens with zero attached hydrogens (tertiary/aromatic N) is 1. The summed E-state index contributed by atoms with van der Waals surface area (Å²) in [6.07, 6.45) is 1.41. The van der Waals surface area contributed by atoms with Crippen molar-refractivity contribution in [1.29, 1.82) is 0 Å². The quantitative estimate of drug-likeness (QED) is 0.639. The Morgan fingerprint density at radius 3 is 2.31 bits per heavy atom. The fourth-order valence-electron chi connectivity index (χ4n) is 3.04. The van der Waals surface area contributed by atoms with Crippen molar-refractivity contribution in [2.75, 3.05) is 24.3 Å². The first-order valence-electron chi connectivity index (χ1n) is 9.43. The predicted octanol–water partition coefficient (Wildman–Crippen LogP) is 2.95. The van der Waals surface area contributed by atoms with Crippen molar-refractivity contribution < 1.29 is 22.7 Å². The molecule has 0 aliphatic carbocycles. The summed E-state index contributed by atoms with van der Waals surface area (Å²) in [6.45, 7) is 4.43. The Balaban J connectivity index is 2.24. The molecule has 0 bridgehead atoms. The highest BCUT2D eigenvalue weighted by molar-refractivity contribution is 7.92. The fraction of sp³-hybridized carbons (Fsp3) is 0.381. The molecule has 2 aromatic carbocycles. The number of rotatable bonds is 10. The molecule has 0 aliphatic rings. The number of anilines is 1. The zero-order chi connectivity index (χ0) is 21.4. The van der Waals surface area contributed by atoms with Crippen LogP contribution in [0.15, 0.2) is 48.5 Å². The zero-order valence-corrected chi connectivity index (χ0v) is 18.0. The number of hydrogen-bond donors (Lipinski definition) is 1. The maximum absolute atomic E-state index is 12.9. The summed E-state index contributed by atoms with van der Waals surface area (Å²) in [4.78, 5) is 12.9. The van der Waals surface area contributed by atoms with Crippen LogP contribution < -0.4 is 19.1 Å². The van der Waals surface area contributed by atoms with Crippen molar-refractivity contribution in [3.8, 4) is 11.5 Å². The molecule has 0 saturated carbocycles. The zero-order valence-electron chi connectivity index (χ0n) is 17.2. The molecule has 0 aromatic heterocycles. The van der Waals surface area contributed by atoms with E-state index in [1.807, 2.05) is 31.2 Å². The van der Waals surface area contributed by atoms with Gasteiger partial charge >= 0.3 is 0 Å². The van der Waals surface area contributed by atoms with Gasteiger partial charge in [0.05, 0.1) is 25.7 Å². The number of methoxy groups -OCH3 is 1. The van der Waals surface area contributed by atoms with Crippen LogP contribution in [0, 0.1) is 0 Å². The topological polar surface area (TPSA) is 84.9 Å². The first-order chi connectivity index (χ1) is 13.8. The predicted molar refractivity (Wildman–Crippen MR) is 114 cm³/mol. The second-order valence-electron chi connectivity index (χ2n) is 6.44. The summed E-state index contributed by atoms with van der Waals surface area (Å²) in [5.41, 5.74) is 1.23. The van der Waals surface area contributed by atoms with Crippen LogP contribution >= 0.6 is 0 Å². The van der Waals surface area contributed by atoms with Gasteiger partial charge in [0.1, 0.15) is 17.5 Å². The normalized spacial score (nSPS) is 12.1. The SMILES string of the molecule is CCOc1ccccc1CNC(=O)[C@H](CC)N(c1ccc(OC)cc1)S(C)(=O)=O. The Labute approximate surface area is 172 Å². The summed E-state index contributed by atoms with van der Waals surface area (Å²) in [5.74, 6) is 0.922. The van der Waals surface area contributed by atoms with Gasteiger partial charge in [-0.3, -0.25) is 9.10 Å². The van der Waals surface area contributed by atoms with E-state index in [0.717, 1.165) is 16.1 Å². The second-order valence-corrected chi connectivity index (χ2v) is 8.30. The summed E-state index contributed by atoms with van der Waals surface area (Å²) < 4.78 is 36.9. The molecule has 158 valence electrons. The molecule has 0 unspecified atom stereocenters. The first kappa shape index (κ1) is 22.5. The molecule has 0 spiro atoms. The molecule has 2 rings (SSSR count). The van der Waals surface area contributed by atoms with Gasteiger partial charge in [-0.05, 0) is 43.7 Å². The van der Waals surface area contributed by atoms with Gasteiger partial charge in [0.15, 0.2) is 0 Å². The van der Waals surface area contributed by atoms with Crippen molar-refractivity contribution in [3.05, 3.63) is 54.1 Å². The molecule has 0 saturated heterocycles. The van der Waals surface area contributed by atoms with E-state index in [0.29, 0.717) is 30.2 Å². The molecule has 2 aromatic rings. The van der Waals surface area contributed by atoms with Crippen LogP contribution in [0.1, 0.15) is 25.8 Å². The van der Waals surface area contributed by atoms with E-state index in [1.54, 1.807) is 31.2 Å². The Hall–Kier alpha value is -2.74. The molecule has 0 aliphatic heterocycles. The lowest BCUT2D eigenvalue weighted by atomic mass is 10.1. The first-order valence-corrected chi connectivity index (χ1v) is 11.3. The number of benzene rings is 2. The number of carbonyl (C=O) groups excluding carboxylic acids is 1. The highest BCUT2D eigenvalue weighted by atomic mass is 32.2. The minimum absolute atomic E-state index is 0.242. The van der Waals surface area contributed by atoms with Gasteiger partial charge in [-0.1, -0.05) is 25.1 Å². The van der Waals surface area contributed by atoms with Crippen LogP contribution in [0.25, 0.3) is 0 Å². The van der Waals surface area contributed by atoms with Crippen molar-refractivity contribution in [2.45, 2.75) is 32.9 Å². The van der Waals surface area contributed by atoms with Gasteiger partial charge < -0.3 is 14.8 Å². The number of ether oxygens (including phenoxy) is 2. The van der Waals surface area contributed by atoms with E-state index >= 15 is 0 Å². The summed E-state index contributed by atoms with van der Waals surface area (Å²) in [5, 5.41) is 2.84. The maximum Gasteiger partial charge on any atom is 0.244 e. The van der Waals surface area contributed by atoms with Gasteiger partial charge in [-0.15, -0.1) is 0 Å². The third kappa shape index (κ3) is 5.87. The van der Waals surface area contributed by atoms with E-state index in [2.05, 4.69) is 5.32 Å². The number of sulfonamides is 1. The lowest BCUT2D eigenvalue weighted by molar-refractivity contribution is -0.122. The molecule has 8 heteroatoms. The Kier molecular flexibility index (Phi) is 7.90. The molecule has 29 heavy (non-hydrogen) atoms. The van der Waals surface area contributed by atoms with E-state index < -0.39 is 16.1 Å². The van der Waals surface area contributed by atoms with Gasteiger partial charge in [-0.2, -0.15) is 0 Å². The highest BCUT2D eigenvalue weighted by Gasteiger charge is 2.31. The van der Waals surface area contributed by atoms with E-state index in [9.17, 15) is 13.2 Å². The summed E-state index contributed by atoms with van der Waals surface area (Å²) >= 11 is 0. The minimum Gasteiger partial charge on any atom is -0.497 e. The van der Waals surface area contributed by atoms with E-state index in [4.69, 9.17) is 9.47 Å². The van der Waals surface area contributed by atoms with E-state index in [1.165, 1.54) is 7.11 Å². The van der Waals surface area contributed by atoms with Gasteiger partial charge in [-0.25, -0.2) is 8.42 Å². The Morgan fingerprint density at radius 2 is 1.76 bits per heavy atom. The number of carbonyl (C=O) groups is 1. The third-order valence-corrected chi connectivity index (χ3v) is 5.56. The van der Waals surface area contributed by atoms with Crippen molar-refractivity contribution in [3.63, 3.8) is 0 Å². The third-order valence-electron chi connectivity index (χ3n) is 4.38. The molecule has 1 atom stereocenters. The molecule has 0 heterocycles. The fourth-order valence-corrected chi connectivity index (χ4v) is 4.25. The molecule has 1 amide bonds. The highest BCUT2D eigenvalue weighted by Crippen LogP contribution is 2.25. The van der Waals surface area contributed by atoms with Crippen LogP contribution in [0.3, 0.4) is 0 Å². The Morgan fingerprint density at radius 1 is 1.10 bits per heavy atom. The van der Waals surface area contributed by atoms with Crippen LogP contribution in [0.2, 0.25) is 0 Å². The number of nitrogens with one attached hydrogen (secondary N) is 1. The smallest absolute Gasteiger partial charge is 0.244 e. The lowest BCUT2D eigenvalue weighted by Gasteiger charge is -2.30. The van der Waals surface area contributed by atoms with Crippen LogP contribution in [-0.2, 0) is 21.4 Å². The van der Waals surface area contributed by atoms with E-state index in [-0.39, 0.29) is 12.5 Å². The second kappa shape index (κ2) is 10.2. The monoisotopic (exact) mass is 420 g/mol. The Bertz CT molecular complexity index is 913. The van der Waals surface area contributed by atoms with Gasteiger partial charge in [0.2, 0.25) is 15.9 Å². The van der Waals surface area contributed by atoms with Gasteiger partial charge in [0.25, 0.3) is 0 Å². The largest absolute Gasteiger partial charge is 0.497 e.